The molecule has 6 nitrogen and oxygen atoms in total. The van der Waals surface area contributed by atoms with Gasteiger partial charge >= 0.3 is 0 Å². The van der Waals surface area contributed by atoms with Gasteiger partial charge in [0.2, 0.25) is 0 Å². The minimum atomic E-state index is -0.105. The predicted molar refractivity (Wildman–Crippen MR) is 97.7 cm³/mol. The van der Waals surface area contributed by atoms with Crippen molar-refractivity contribution in [1.29, 1.82) is 0 Å². The van der Waals surface area contributed by atoms with Crippen LogP contribution in [-0.2, 0) is 7.05 Å². The highest BCUT2D eigenvalue weighted by molar-refractivity contribution is 6.00. The summed E-state index contributed by atoms with van der Waals surface area (Å²) in [7, 11) is 1.95. The number of amides is 2. The third-order valence-electron chi connectivity index (χ3n) is 5.28. The zero-order valence-corrected chi connectivity index (χ0v) is 15.4. The third-order valence-corrected chi connectivity index (χ3v) is 5.28. The molecule has 1 atom stereocenters. The van der Waals surface area contributed by atoms with Gasteiger partial charge in [0.1, 0.15) is 5.82 Å². The van der Waals surface area contributed by atoms with Crippen molar-refractivity contribution in [2.45, 2.75) is 38.8 Å². The molecule has 1 N–H and O–H groups in total. The Morgan fingerprint density at radius 2 is 1.96 bits per heavy atom. The minimum absolute atomic E-state index is 0.0320. The number of hydrogen-bond donors (Lipinski definition) is 1. The first kappa shape index (κ1) is 16.8. The van der Waals surface area contributed by atoms with Gasteiger partial charge in [-0.25, -0.2) is 4.98 Å². The number of aryl methyl sites for hydroxylation is 1. The fourth-order valence-corrected chi connectivity index (χ4v) is 3.70. The fourth-order valence-electron chi connectivity index (χ4n) is 3.70. The van der Waals surface area contributed by atoms with Crippen LogP contribution in [-0.4, -0.2) is 38.9 Å². The van der Waals surface area contributed by atoms with Gasteiger partial charge in [-0.1, -0.05) is 19.9 Å². The van der Waals surface area contributed by atoms with Crippen LogP contribution in [0.25, 0.3) is 0 Å². The highest BCUT2D eigenvalue weighted by Crippen LogP contribution is 2.48. The number of hydrogen-bond acceptors (Lipinski definition) is 3. The van der Waals surface area contributed by atoms with Crippen LogP contribution in [0.1, 0.15) is 59.3 Å². The summed E-state index contributed by atoms with van der Waals surface area (Å²) in [6.07, 6.45) is 5.74. The lowest BCUT2D eigenvalue weighted by Gasteiger charge is -2.53. The molecule has 1 saturated heterocycles. The van der Waals surface area contributed by atoms with Crippen molar-refractivity contribution in [3.8, 4) is 0 Å². The van der Waals surface area contributed by atoms with Crippen molar-refractivity contribution < 1.29 is 9.59 Å². The van der Waals surface area contributed by atoms with Crippen molar-refractivity contribution >= 4 is 11.8 Å². The Kier molecular flexibility index (Phi) is 3.86. The number of nitrogens with one attached hydrogen (secondary N) is 1. The van der Waals surface area contributed by atoms with Gasteiger partial charge in [-0.15, -0.1) is 0 Å². The lowest BCUT2D eigenvalue weighted by Crippen LogP contribution is -2.58. The minimum Gasteiger partial charge on any atom is -0.349 e. The first-order valence-corrected chi connectivity index (χ1v) is 9.06. The zero-order chi connectivity index (χ0) is 18.5. The predicted octanol–water partition coefficient (Wildman–Crippen LogP) is 2.54. The Morgan fingerprint density at radius 3 is 2.58 bits per heavy atom. The van der Waals surface area contributed by atoms with Gasteiger partial charge in [0.05, 0.1) is 6.04 Å². The number of benzene rings is 1. The molecular weight excluding hydrogens is 328 g/mol. The van der Waals surface area contributed by atoms with Crippen LogP contribution < -0.4 is 5.32 Å². The molecule has 2 amide bonds. The van der Waals surface area contributed by atoms with Crippen molar-refractivity contribution in [3.05, 3.63) is 53.6 Å². The molecule has 1 aliphatic heterocycles. The fraction of sp³-hybridized carbons (Fsp3) is 0.450. The molecule has 1 unspecified atom stereocenters. The van der Waals surface area contributed by atoms with Crippen molar-refractivity contribution in [2.75, 3.05) is 6.54 Å². The smallest absolute Gasteiger partial charge is 0.254 e. The summed E-state index contributed by atoms with van der Waals surface area (Å²) in [6, 6.07) is 7.23. The normalized spacial score (nSPS) is 21.2. The van der Waals surface area contributed by atoms with Gasteiger partial charge in [0.15, 0.2) is 0 Å². The first-order chi connectivity index (χ1) is 12.4. The van der Waals surface area contributed by atoms with Crippen molar-refractivity contribution in [2.24, 2.45) is 12.5 Å². The highest BCUT2D eigenvalue weighted by Gasteiger charge is 2.50. The van der Waals surface area contributed by atoms with Crippen LogP contribution in [0.3, 0.4) is 0 Å². The SMILES string of the molecule is Cn1ccnc1C1N(C(=O)c2cccc(C(=O)NC3CC3)c2)CC1(C)C. The number of aromatic nitrogens is 2. The second-order valence-electron chi connectivity index (χ2n) is 8.05. The molecule has 1 aromatic carbocycles. The van der Waals surface area contributed by atoms with E-state index in [1.807, 2.05) is 22.7 Å². The van der Waals surface area contributed by atoms with Gasteiger partial charge in [0.25, 0.3) is 11.8 Å². The van der Waals surface area contributed by atoms with E-state index in [0.29, 0.717) is 23.7 Å². The first-order valence-electron chi connectivity index (χ1n) is 9.06. The Labute approximate surface area is 153 Å². The molecule has 26 heavy (non-hydrogen) atoms. The molecule has 2 heterocycles. The van der Waals surface area contributed by atoms with Gasteiger partial charge in [-0.3, -0.25) is 9.59 Å². The number of nitrogens with zero attached hydrogens (tertiary/aromatic N) is 3. The molecule has 1 aromatic heterocycles. The number of carbonyl (C=O) groups excluding carboxylic acids is 2. The number of carbonyl (C=O) groups is 2. The summed E-state index contributed by atoms with van der Waals surface area (Å²) in [5.41, 5.74) is 1.05. The third kappa shape index (κ3) is 2.89. The number of imidazole rings is 1. The Hall–Kier alpha value is -2.63. The van der Waals surface area contributed by atoms with Gasteiger partial charge < -0.3 is 14.8 Å². The quantitative estimate of drug-likeness (QED) is 0.919. The molecule has 6 heteroatoms. The summed E-state index contributed by atoms with van der Waals surface area (Å²) in [4.78, 5) is 31.7. The van der Waals surface area contributed by atoms with Crippen molar-refractivity contribution in [3.63, 3.8) is 0 Å². The maximum Gasteiger partial charge on any atom is 0.254 e. The number of rotatable bonds is 4. The van der Waals surface area contributed by atoms with Gasteiger partial charge in [0, 0.05) is 48.6 Å². The highest BCUT2D eigenvalue weighted by atomic mass is 16.2. The lowest BCUT2D eigenvalue weighted by atomic mass is 9.74. The van der Waals surface area contributed by atoms with E-state index >= 15 is 0 Å². The summed E-state index contributed by atoms with van der Waals surface area (Å²) >= 11 is 0. The van der Waals surface area contributed by atoms with E-state index in [1.54, 1.807) is 30.5 Å². The molecular formula is C20H24N4O2. The van der Waals surface area contributed by atoms with Crippen LogP contribution >= 0.6 is 0 Å². The van der Waals surface area contributed by atoms with Crippen LogP contribution in [0, 0.1) is 5.41 Å². The van der Waals surface area contributed by atoms with Crippen LogP contribution in [0.15, 0.2) is 36.7 Å². The maximum absolute atomic E-state index is 13.1. The van der Waals surface area contributed by atoms with Crippen LogP contribution in [0.5, 0.6) is 0 Å². The zero-order valence-electron chi connectivity index (χ0n) is 15.4. The second-order valence-corrected chi connectivity index (χ2v) is 8.05. The molecule has 2 fully saturated rings. The summed E-state index contributed by atoms with van der Waals surface area (Å²) in [6.45, 7) is 4.97. The summed E-state index contributed by atoms with van der Waals surface area (Å²) in [5, 5.41) is 2.97. The Bertz CT molecular complexity index is 866. The largest absolute Gasteiger partial charge is 0.349 e. The molecule has 0 spiro atoms. The molecule has 1 aliphatic carbocycles. The standard InChI is InChI=1S/C20H24N4O2/c1-20(2)12-24(16(20)17-21-9-10-23(17)3)19(26)14-6-4-5-13(11-14)18(25)22-15-7-8-15/h4-6,9-11,15-16H,7-8,12H2,1-3H3,(H,22,25). The second kappa shape index (κ2) is 5.97. The maximum atomic E-state index is 13.1. The van der Waals surface area contributed by atoms with E-state index in [4.69, 9.17) is 0 Å². The van der Waals surface area contributed by atoms with Crippen molar-refractivity contribution in [1.82, 2.24) is 19.8 Å². The van der Waals surface area contributed by atoms with E-state index in [2.05, 4.69) is 24.1 Å². The van der Waals surface area contributed by atoms with E-state index in [-0.39, 0.29) is 23.3 Å². The van der Waals surface area contributed by atoms with E-state index < -0.39 is 0 Å². The van der Waals surface area contributed by atoms with Gasteiger partial charge in [-0.05, 0) is 31.0 Å². The Balaban J connectivity index is 1.57. The summed E-state index contributed by atoms with van der Waals surface area (Å²) in [5.74, 6) is 0.724. The van der Waals surface area contributed by atoms with Crippen LogP contribution in [0.2, 0.25) is 0 Å². The molecule has 2 aliphatic rings. The lowest BCUT2D eigenvalue weighted by molar-refractivity contribution is -0.0375. The number of likely N-dealkylation sites (tertiary alicyclic amines) is 1. The van der Waals surface area contributed by atoms with Crippen LogP contribution in [0.4, 0.5) is 0 Å². The topological polar surface area (TPSA) is 67.2 Å². The summed E-state index contributed by atoms with van der Waals surface area (Å²) < 4.78 is 1.96. The van der Waals surface area contributed by atoms with E-state index in [0.717, 1.165) is 18.7 Å². The molecule has 2 aromatic rings. The monoisotopic (exact) mass is 352 g/mol. The van der Waals surface area contributed by atoms with Gasteiger partial charge in [-0.2, -0.15) is 0 Å². The van der Waals surface area contributed by atoms with E-state index in [1.165, 1.54) is 0 Å². The molecule has 4 rings (SSSR count). The molecule has 136 valence electrons. The molecule has 0 radical (unpaired) electrons. The van der Waals surface area contributed by atoms with E-state index in [9.17, 15) is 9.59 Å². The molecule has 1 saturated carbocycles. The Morgan fingerprint density at radius 1 is 1.23 bits per heavy atom. The molecule has 0 bridgehead atoms. The average molecular weight is 352 g/mol. The average Bonchev–Trinajstić information content (AvgIpc) is 3.33.